The zero-order chi connectivity index (χ0) is 13.1. The first-order chi connectivity index (χ1) is 8.58. The number of pyridine rings is 1. The third-order valence-electron chi connectivity index (χ3n) is 2.72. The number of thiophene rings is 1. The molecule has 0 aromatic carbocycles. The highest BCUT2D eigenvalue weighted by molar-refractivity contribution is 7.80. The SMILES string of the molecule is Cc1cc(CNc2ncccc2C(N)=S)sc1C. The van der Waals surface area contributed by atoms with E-state index in [1.807, 2.05) is 12.1 Å². The molecule has 94 valence electrons. The van der Waals surface area contributed by atoms with Crippen LogP contribution in [-0.2, 0) is 6.54 Å². The Morgan fingerprint density at radius 3 is 2.89 bits per heavy atom. The molecule has 0 saturated heterocycles. The van der Waals surface area contributed by atoms with Gasteiger partial charge in [-0.15, -0.1) is 11.3 Å². The summed E-state index contributed by atoms with van der Waals surface area (Å²) in [6.45, 7) is 4.99. The van der Waals surface area contributed by atoms with Crippen LogP contribution in [0, 0.1) is 13.8 Å². The number of anilines is 1. The molecular weight excluding hydrogens is 262 g/mol. The van der Waals surface area contributed by atoms with Gasteiger partial charge in [0.15, 0.2) is 0 Å². The highest BCUT2D eigenvalue weighted by atomic mass is 32.1. The Bertz CT molecular complexity index is 556. The molecule has 2 heterocycles. The zero-order valence-corrected chi connectivity index (χ0v) is 12.0. The Morgan fingerprint density at radius 1 is 1.50 bits per heavy atom. The van der Waals surface area contributed by atoms with Crippen molar-refractivity contribution in [2.45, 2.75) is 20.4 Å². The van der Waals surface area contributed by atoms with Gasteiger partial charge in [-0.25, -0.2) is 4.98 Å². The predicted octanol–water partition coefficient (Wildman–Crippen LogP) is 3.01. The second kappa shape index (κ2) is 5.46. The standard InChI is InChI=1S/C13H15N3S2/c1-8-6-10(18-9(8)2)7-16-13-11(12(14)17)4-3-5-15-13/h3-6H,7H2,1-2H3,(H2,14,17)(H,15,16). The molecule has 2 rings (SSSR count). The molecule has 0 aliphatic carbocycles. The maximum atomic E-state index is 5.67. The largest absolute Gasteiger partial charge is 0.389 e. The van der Waals surface area contributed by atoms with Crippen molar-refractivity contribution >= 4 is 34.4 Å². The van der Waals surface area contributed by atoms with Gasteiger partial charge in [-0.05, 0) is 37.6 Å². The van der Waals surface area contributed by atoms with Crippen molar-refractivity contribution in [2.75, 3.05) is 5.32 Å². The first-order valence-electron chi connectivity index (χ1n) is 5.62. The molecule has 0 spiro atoms. The van der Waals surface area contributed by atoms with Crippen molar-refractivity contribution in [3.63, 3.8) is 0 Å². The highest BCUT2D eigenvalue weighted by Crippen LogP contribution is 2.22. The fourth-order valence-corrected chi connectivity index (χ4v) is 2.81. The molecule has 0 radical (unpaired) electrons. The maximum absolute atomic E-state index is 5.67. The van der Waals surface area contributed by atoms with E-state index in [-0.39, 0.29) is 0 Å². The van der Waals surface area contributed by atoms with Crippen LogP contribution in [0.2, 0.25) is 0 Å². The molecule has 2 aromatic heterocycles. The zero-order valence-electron chi connectivity index (χ0n) is 10.4. The van der Waals surface area contributed by atoms with Crippen LogP contribution in [0.15, 0.2) is 24.4 Å². The molecule has 0 atom stereocenters. The minimum Gasteiger partial charge on any atom is -0.389 e. The minimum atomic E-state index is 0.365. The average Bonchev–Trinajstić information content (AvgIpc) is 2.66. The van der Waals surface area contributed by atoms with Gasteiger partial charge in [0, 0.05) is 16.0 Å². The van der Waals surface area contributed by atoms with Crippen LogP contribution in [0.25, 0.3) is 0 Å². The van der Waals surface area contributed by atoms with Crippen LogP contribution in [0.1, 0.15) is 20.9 Å². The normalized spacial score (nSPS) is 10.3. The topological polar surface area (TPSA) is 50.9 Å². The highest BCUT2D eigenvalue weighted by Gasteiger charge is 2.06. The van der Waals surface area contributed by atoms with E-state index in [2.05, 4.69) is 30.2 Å². The van der Waals surface area contributed by atoms with Crippen LogP contribution >= 0.6 is 23.6 Å². The van der Waals surface area contributed by atoms with Gasteiger partial charge in [0.1, 0.15) is 10.8 Å². The van der Waals surface area contributed by atoms with Gasteiger partial charge in [0.25, 0.3) is 0 Å². The Balaban J connectivity index is 2.13. The van der Waals surface area contributed by atoms with Crippen molar-refractivity contribution in [1.82, 2.24) is 4.98 Å². The molecule has 3 N–H and O–H groups in total. The van der Waals surface area contributed by atoms with Crippen molar-refractivity contribution in [3.8, 4) is 0 Å². The molecule has 18 heavy (non-hydrogen) atoms. The lowest BCUT2D eigenvalue weighted by atomic mass is 10.2. The lowest BCUT2D eigenvalue weighted by molar-refractivity contribution is 1.13. The lowest BCUT2D eigenvalue weighted by Crippen LogP contribution is -2.14. The number of hydrogen-bond donors (Lipinski definition) is 2. The number of rotatable bonds is 4. The van der Waals surface area contributed by atoms with E-state index in [0.29, 0.717) is 4.99 Å². The first-order valence-corrected chi connectivity index (χ1v) is 6.85. The summed E-state index contributed by atoms with van der Waals surface area (Å²) in [4.78, 5) is 7.27. The average molecular weight is 277 g/mol. The quantitative estimate of drug-likeness (QED) is 0.844. The molecule has 0 aliphatic heterocycles. The van der Waals surface area contributed by atoms with Gasteiger partial charge in [-0.1, -0.05) is 12.2 Å². The summed E-state index contributed by atoms with van der Waals surface area (Å²) < 4.78 is 0. The van der Waals surface area contributed by atoms with Crippen molar-refractivity contribution < 1.29 is 0 Å². The molecule has 0 bridgehead atoms. The molecule has 5 heteroatoms. The van der Waals surface area contributed by atoms with E-state index in [0.717, 1.165) is 17.9 Å². The van der Waals surface area contributed by atoms with Crippen molar-refractivity contribution in [2.24, 2.45) is 5.73 Å². The summed E-state index contributed by atoms with van der Waals surface area (Å²) in [5, 5.41) is 3.28. The minimum absolute atomic E-state index is 0.365. The third-order valence-corrected chi connectivity index (χ3v) is 4.09. The Hall–Kier alpha value is -1.46. The predicted molar refractivity (Wildman–Crippen MR) is 81.2 cm³/mol. The number of nitrogens with one attached hydrogen (secondary N) is 1. The fourth-order valence-electron chi connectivity index (χ4n) is 1.65. The van der Waals surface area contributed by atoms with E-state index in [1.165, 1.54) is 15.3 Å². The van der Waals surface area contributed by atoms with Gasteiger partial charge in [0.2, 0.25) is 0 Å². The lowest BCUT2D eigenvalue weighted by Gasteiger charge is -2.08. The summed E-state index contributed by atoms with van der Waals surface area (Å²) in [5.41, 5.74) is 7.78. The Morgan fingerprint density at radius 2 is 2.28 bits per heavy atom. The van der Waals surface area contributed by atoms with Crippen LogP contribution in [0.4, 0.5) is 5.82 Å². The number of aromatic nitrogens is 1. The maximum Gasteiger partial charge on any atom is 0.136 e. The van der Waals surface area contributed by atoms with Crippen LogP contribution in [-0.4, -0.2) is 9.97 Å². The van der Waals surface area contributed by atoms with Gasteiger partial charge in [-0.3, -0.25) is 0 Å². The summed E-state index contributed by atoms with van der Waals surface area (Å²) in [6, 6.07) is 5.90. The van der Waals surface area contributed by atoms with E-state index in [4.69, 9.17) is 18.0 Å². The molecule has 0 amide bonds. The summed E-state index contributed by atoms with van der Waals surface area (Å²) in [5.74, 6) is 0.744. The van der Waals surface area contributed by atoms with E-state index < -0.39 is 0 Å². The molecule has 0 unspecified atom stereocenters. The molecule has 0 fully saturated rings. The number of nitrogens with zero attached hydrogens (tertiary/aromatic N) is 1. The molecule has 0 saturated carbocycles. The monoisotopic (exact) mass is 277 g/mol. The molecule has 3 nitrogen and oxygen atoms in total. The molecule has 2 aromatic rings. The first kappa shape index (κ1) is 13.0. The van der Waals surface area contributed by atoms with E-state index >= 15 is 0 Å². The van der Waals surface area contributed by atoms with E-state index in [1.54, 1.807) is 17.5 Å². The van der Waals surface area contributed by atoms with Crippen LogP contribution in [0.3, 0.4) is 0 Å². The number of thiocarbonyl (C=S) groups is 1. The van der Waals surface area contributed by atoms with Gasteiger partial charge in [-0.2, -0.15) is 0 Å². The second-order valence-corrected chi connectivity index (χ2v) is 5.85. The summed E-state index contributed by atoms with van der Waals surface area (Å²) in [6.07, 6.45) is 1.73. The smallest absolute Gasteiger partial charge is 0.136 e. The van der Waals surface area contributed by atoms with Crippen LogP contribution < -0.4 is 11.1 Å². The Labute approximate surface area is 116 Å². The van der Waals surface area contributed by atoms with Gasteiger partial charge < -0.3 is 11.1 Å². The van der Waals surface area contributed by atoms with Gasteiger partial charge >= 0.3 is 0 Å². The summed E-state index contributed by atoms with van der Waals surface area (Å²) >= 11 is 6.80. The van der Waals surface area contributed by atoms with E-state index in [9.17, 15) is 0 Å². The van der Waals surface area contributed by atoms with Crippen molar-refractivity contribution in [3.05, 3.63) is 45.3 Å². The third kappa shape index (κ3) is 2.86. The second-order valence-electron chi connectivity index (χ2n) is 4.07. The number of hydrogen-bond acceptors (Lipinski definition) is 4. The van der Waals surface area contributed by atoms with Gasteiger partial charge in [0.05, 0.1) is 12.1 Å². The summed E-state index contributed by atoms with van der Waals surface area (Å²) in [7, 11) is 0. The number of aryl methyl sites for hydroxylation is 2. The fraction of sp³-hybridized carbons (Fsp3) is 0.231. The van der Waals surface area contributed by atoms with Crippen molar-refractivity contribution in [1.29, 1.82) is 0 Å². The molecular formula is C13H15N3S2. The number of nitrogens with two attached hydrogens (primary N) is 1. The molecule has 0 aliphatic rings. The Kier molecular flexibility index (Phi) is 3.93. The van der Waals surface area contributed by atoms with Crippen LogP contribution in [0.5, 0.6) is 0 Å².